The van der Waals surface area contributed by atoms with Crippen LogP contribution in [0.5, 0.6) is 0 Å². The minimum Gasteiger partial charge on any atom is -0.330 e. The summed E-state index contributed by atoms with van der Waals surface area (Å²) >= 11 is 1.84. The van der Waals surface area contributed by atoms with Crippen molar-refractivity contribution in [1.29, 1.82) is 0 Å². The molecular formula is C13H24N2S. The molecule has 0 fully saturated rings. The molecule has 0 aliphatic carbocycles. The molecule has 0 spiro atoms. The molecule has 0 aliphatic rings. The fourth-order valence-corrected chi connectivity index (χ4v) is 2.50. The van der Waals surface area contributed by atoms with Gasteiger partial charge in [-0.2, -0.15) is 0 Å². The van der Waals surface area contributed by atoms with Crippen LogP contribution in [0.3, 0.4) is 0 Å². The van der Waals surface area contributed by atoms with Crippen LogP contribution in [0, 0.1) is 11.8 Å². The van der Waals surface area contributed by atoms with Crippen LogP contribution >= 0.6 is 11.3 Å². The summed E-state index contributed by atoms with van der Waals surface area (Å²) in [6, 6.07) is 4.33. The van der Waals surface area contributed by atoms with E-state index in [1.54, 1.807) is 0 Å². The zero-order valence-electron chi connectivity index (χ0n) is 10.6. The van der Waals surface area contributed by atoms with Gasteiger partial charge in [-0.05, 0) is 43.3 Å². The molecule has 2 N–H and O–H groups in total. The van der Waals surface area contributed by atoms with Crippen LogP contribution in [0.1, 0.15) is 18.7 Å². The molecule has 16 heavy (non-hydrogen) atoms. The Morgan fingerprint density at radius 1 is 1.44 bits per heavy atom. The molecule has 1 unspecified atom stereocenters. The van der Waals surface area contributed by atoms with Crippen molar-refractivity contribution in [2.24, 2.45) is 17.6 Å². The molecule has 3 heteroatoms. The maximum absolute atomic E-state index is 5.79. The molecule has 0 saturated heterocycles. The van der Waals surface area contributed by atoms with Gasteiger partial charge in [-0.1, -0.05) is 19.9 Å². The minimum absolute atomic E-state index is 0.619. The van der Waals surface area contributed by atoms with Crippen LogP contribution in [0.4, 0.5) is 0 Å². The number of hydrogen-bond acceptors (Lipinski definition) is 3. The summed E-state index contributed by atoms with van der Waals surface area (Å²) in [7, 11) is 2.19. The molecule has 1 heterocycles. The van der Waals surface area contributed by atoms with Crippen LogP contribution in [0.15, 0.2) is 17.5 Å². The summed E-state index contributed by atoms with van der Waals surface area (Å²) in [6.07, 6.45) is 1.16. The number of thiophene rings is 1. The molecule has 2 nitrogen and oxygen atoms in total. The summed E-state index contributed by atoms with van der Waals surface area (Å²) in [6.45, 7) is 7.54. The molecule has 0 aliphatic heterocycles. The van der Waals surface area contributed by atoms with Crippen molar-refractivity contribution in [1.82, 2.24) is 4.90 Å². The summed E-state index contributed by atoms with van der Waals surface area (Å²) in [5.41, 5.74) is 5.79. The number of rotatable bonds is 7. The molecule has 1 aromatic rings. The third-order valence-electron chi connectivity index (χ3n) is 3.11. The lowest BCUT2D eigenvalue weighted by atomic mass is 9.95. The Morgan fingerprint density at radius 3 is 2.69 bits per heavy atom. The predicted molar refractivity (Wildman–Crippen MR) is 72.9 cm³/mol. The maximum atomic E-state index is 5.79. The second-order valence-electron chi connectivity index (χ2n) is 4.83. The fraction of sp³-hybridized carbons (Fsp3) is 0.692. The van der Waals surface area contributed by atoms with Gasteiger partial charge in [-0.3, -0.25) is 0 Å². The number of nitrogens with zero attached hydrogens (tertiary/aromatic N) is 1. The zero-order chi connectivity index (χ0) is 12.0. The highest BCUT2D eigenvalue weighted by Crippen LogP contribution is 2.12. The number of nitrogens with two attached hydrogens (primary N) is 1. The molecular weight excluding hydrogens is 216 g/mol. The Balaban J connectivity index is 2.27. The largest absolute Gasteiger partial charge is 0.330 e. The molecule has 1 atom stereocenters. The van der Waals surface area contributed by atoms with E-state index in [0.29, 0.717) is 11.8 Å². The van der Waals surface area contributed by atoms with Gasteiger partial charge >= 0.3 is 0 Å². The topological polar surface area (TPSA) is 29.3 Å². The van der Waals surface area contributed by atoms with Crippen molar-refractivity contribution < 1.29 is 0 Å². The van der Waals surface area contributed by atoms with Crippen molar-refractivity contribution in [2.75, 3.05) is 26.7 Å². The van der Waals surface area contributed by atoms with Gasteiger partial charge in [0.1, 0.15) is 0 Å². The second kappa shape index (κ2) is 7.05. The average Bonchev–Trinajstić information content (AvgIpc) is 2.75. The van der Waals surface area contributed by atoms with Crippen LogP contribution in [0.2, 0.25) is 0 Å². The van der Waals surface area contributed by atoms with E-state index in [1.807, 2.05) is 11.3 Å². The summed E-state index contributed by atoms with van der Waals surface area (Å²) < 4.78 is 0. The van der Waals surface area contributed by atoms with Crippen molar-refractivity contribution in [3.05, 3.63) is 22.4 Å². The van der Waals surface area contributed by atoms with E-state index in [0.717, 1.165) is 26.1 Å². The lowest BCUT2D eigenvalue weighted by Crippen LogP contribution is -2.34. The highest BCUT2D eigenvalue weighted by molar-refractivity contribution is 7.09. The van der Waals surface area contributed by atoms with Gasteiger partial charge in [-0.25, -0.2) is 0 Å². The standard InChI is InChI=1S/C13H24N2S/c1-11(2)12(9-14)10-15(3)7-6-13-5-4-8-16-13/h4-5,8,11-12H,6-7,9-10,14H2,1-3H3. The van der Waals surface area contributed by atoms with E-state index in [1.165, 1.54) is 4.88 Å². The number of hydrogen-bond donors (Lipinski definition) is 1. The second-order valence-corrected chi connectivity index (χ2v) is 5.86. The van der Waals surface area contributed by atoms with E-state index in [4.69, 9.17) is 5.73 Å². The van der Waals surface area contributed by atoms with E-state index >= 15 is 0 Å². The van der Waals surface area contributed by atoms with Crippen LogP contribution in [-0.2, 0) is 6.42 Å². The first kappa shape index (κ1) is 13.7. The van der Waals surface area contributed by atoms with E-state index in [2.05, 4.69) is 43.3 Å². The zero-order valence-corrected chi connectivity index (χ0v) is 11.5. The van der Waals surface area contributed by atoms with E-state index in [9.17, 15) is 0 Å². The van der Waals surface area contributed by atoms with Crippen molar-refractivity contribution in [3.63, 3.8) is 0 Å². The summed E-state index contributed by atoms with van der Waals surface area (Å²) in [4.78, 5) is 3.87. The van der Waals surface area contributed by atoms with Crippen LogP contribution in [0.25, 0.3) is 0 Å². The molecule has 0 aromatic carbocycles. The predicted octanol–water partition coefficient (Wildman–Crippen LogP) is 2.45. The van der Waals surface area contributed by atoms with Crippen molar-refractivity contribution >= 4 is 11.3 Å². The SMILES string of the molecule is CC(C)C(CN)CN(C)CCc1cccs1. The molecule has 0 saturated carbocycles. The first-order valence-electron chi connectivity index (χ1n) is 6.04. The van der Waals surface area contributed by atoms with Gasteiger partial charge in [0.25, 0.3) is 0 Å². The average molecular weight is 240 g/mol. The van der Waals surface area contributed by atoms with Crippen LogP contribution < -0.4 is 5.73 Å². The molecule has 1 aromatic heterocycles. The highest BCUT2D eigenvalue weighted by Gasteiger charge is 2.13. The third-order valence-corrected chi connectivity index (χ3v) is 4.05. The van der Waals surface area contributed by atoms with Gasteiger partial charge in [-0.15, -0.1) is 11.3 Å². The van der Waals surface area contributed by atoms with Gasteiger partial charge in [0.15, 0.2) is 0 Å². The van der Waals surface area contributed by atoms with E-state index in [-0.39, 0.29) is 0 Å². The highest BCUT2D eigenvalue weighted by atomic mass is 32.1. The Labute approximate surface area is 103 Å². The monoisotopic (exact) mass is 240 g/mol. The normalized spacial score (nSPS) is 13.6. The Bertz CT molecular complexity index is 269. The molecule has 0 amide bonds. The maximum Gasteiger partial charge on any atom is 0.00579 e. The van der Waals surface area contributed by atoms with Crippen LogP contribution in [-0.4, -0.2) is 31.6 Å². The quantitative estimate of drug-likeness (QED) is 0.793. The molecule has 0 bridgehead atoms. The smallest absolute Gasteiger partial charge is 0.00579 e. The molecule has 1 rings (SSSR count). The van der Waals surface area contributed by atoms with E-state index < -0.39 is 0 Å². The van der Waals surface area contributed by atoms with Gasteiger partial charge in [0.2, 0.25) is 0 Å². The Hall–Kier alpha value is -0.380. The van der Waals surface area contributed by atoms with Crippen molar-refractivity contribution in [3.8, 4) is 0 Å². The summed E-state index contributed by atoms with van der Waals surface area (Å²) in [5.74, 6) is 1.29. The van der Waals surface area contributed by atoms with Gasteiger partial charge < -0.3 is 10.6 Å². The Morgan fingerprint density at radius 2 is 2.19 bits per heavy atom. The summed E-state index contributed by atoms with van der Waals surface area (Å²) in [5, 5.41) is 2.14. The molecule has 92 valence electrons. The lowest BCUT2D eigenvalue weighted by Gasteiger charge is -2.25. The fourth-order valence-electron chi connectivity index (χ4n) is 1.81. The van der Waals surface area contributed by atoms with Gasteiger partial charge in [0.05, 0.1) is 0 Å². The minimum atomic E-state index is 0.619. The first-order chi connectivity index (χ1) is 7.63. The number of likely N-dealkylation sites (N-methyl/N-ethyl adjacent to an activating group) is 1. The molecule has 0 radical (unpaired) electrons. The Kier molecular flexibility index (Phi) is 6.03. The lowest BCUT2D eigenvalue weighted by molar-refractivity contribution is 0.243. The van der Waals surface area contributed by atoms with Crippen molar-refractivity contribution in [2.45, 2.75) is 20.3 Å². The third kappa shape index (κ3) is 4.64. The first-order valence-corrected chi connectivity index (χ1v) is 6.92. The van der Waals surface area contributed by atoms with Gasteiger partial charge in [0, 0.05) is 18.0 Å².